The number of nitrogens with one attached hydrogen (secondary N) is 1. The Hall–Kier alpha value is -1.89. The molecule has 0 bridgehead atoms. The normalized spacial score (nSPS) is 23.1. The summed E-state index contributed by atoms with van der Waals surface area (Å²) in [6.45, 7) is 2.97. The molecule has 3 rings (SSSR count). The molecule has 1 fully saturated rings. The third kappa shape index (κ3) is 4.07. The largest absolute Gasteiger partial charge is 0.490 e. The smallest absolute Gasteiger partial charge is 0.134 e. The van der Waals surface area contributed by atoms with Gasteiger partial charge in [-0.15, -0.1) is 0 Å². The topological polar surface area (TPSA) is 70.6 Å². The van der Waals surface area contributed by atoms with Gasteiger partial charge >= 0.3 is 0 Å². The number of para-hydroxylation sites is 1. The molecule has 2 aromatic rings. The Bertz CT molecular complexity index is 561. The third-order valence-corrected chi connectivity index (χ3v) is 3.62. The van der Waals surface area contributed by atoms with Gasteiger partial charge in [-0.2, -0.15) is 0 Å². The molecule has 2 N–H and O–H groups in total. The lowest BCUT2D eigenvalue weighted by Gasteiger charge is -2.30. The number of benzene rings is 1. The lowest BCUT2D eigenvalue weighted by Crippen LogP contribution is -2.48. The van der Waals surface area contributed by atoms with Gasteiger partial charge in [0.05, 0.1) is 19.8 Å². The maximum absolute atomic E-state index is 10.8. The van der Waals surface area contributed by atoms with Crippen LogP contribution in [-0.2, 0) is 11.3 Å². The van der Waals surface area contributed by atoms with E-state index in [0.717, 1.165) is 18.1 Å². The van der Waals surface area contributed by atoms with E-state index < -0.39 is 5.60 Å². The highest BCUT2D eigenvalue weighted by Crippen LogP contribution is 2.17. The van der Waals surface area contributed by atoms with Crippen LogP contribution in [0.2, 0.25) is 0 Å². The molecule has 0 radical (unpaired) electrons. The molecule has 1 aliphatic heterocycles. The van der Waals surface area contributed by atoms with Crippen molar-refractivity contribution in [3.8, 4) is 5.75 Å². The van der Waals surface area contributed by atoms with Gasteiger partial charge in [-0.25, -0.2) is 4.98 Å². The Labute approximate surface area is 129 Å². The van der Waals surface area contributed by atoms with Gasteiger partial charge in [-0.3, -0.25) is 4.90 Å². The lowest BCUT2D eigenvalue weighted by molar-refractivity contribution is -0.0648. The fourth-order valence-corrected chi connectivity index (χ4v) is 2.55. The van der Waals surface area contributed by atoms with Crippen molar-refractivity contribution in [2.45, 2.75) is 12.1 Å². The number of nitrogens with zero attached hydrogens (tertiary/aromatic N) is 2. The Morgan fingerprint density at radius 2 is 2.23 bits per heavy atom. The van der Waals surface area contributed by atoms with E-state index in [-0.39, 0.29) is 13.2 Å². The first-order valence-electron chi connectivity index (χ1n) is 7.42. The molecule has 1 atom stereocenters. The predicted octanol–water partition coefficient (Wildman–Crippen LogP) is 1.05. The van der Waals surface area contributed by atoms with Gasteiger partial charge in [0, 0.05) is 25.5 Å². The zero-order valence-electron chi connectivity index (χ0n) is 12.4. The SMILES string of the molecule is O[C@@]1(COc2ccccc2)COCCN(Cc2ncc[nH]2)C1. The summed E-state index contributed by atoms with van der Waals surface area (Å²) in [6.07, 6.45) is 3.53. The Balaban J connectivity index is 1.60. The molecule has 22 heavy (non-hydrogen) atoms. The molecule has 1 aromatic carbocycles. The van der Waals surface area contributed by atoms with Crippen LogP contribution >= 0.6 is 0 Å². The standard InChI is InChI=1S/C16H21N3O3/c20-16(13-22-14-4-2-1-3-5-14)11-19(8-9-21-12-16)10-15-17-6-7-18-15/h1-7,20H,8-13H2,(H,17,18)/t16-/m1/s1. The van der Waals surface area contributed by atoms with Crippen LogP contribution in [0.5, 0.6) is 5.75 Å². The van der Waals surface area contributed by atoms with E-state index in [1.807, 2.05) is 30.3 Å². The molecule has 6 nitrogen and oxygen atoms in total. The number of aromatic amines is 1. The minimum Gasteiger partial charge on any atom is -0.490 e. The van der Waals surface area contributed by atoms with Crippen molar-refractivity contribution in [2.75, 3.05) is 32.9 Å². The van der Waals surface area contributed by atoms with Crippen LogP contribution in [0.3, 0.4) is 0 Å². The first kappa shape index (κ1) is 15.0. The van der Waals surface area contributed by atoms with E-state index in [9.17, 15) is 5.11 Å². The average molecular weight is 303 g/mol. The van der Waals surface area contributed by atoms with Crippen LogP contribution in [-0.4, -0.2) is 58.5 Å². The number of ether oxygens (including phenoxy) is 2. The summed E-state index contributed by atoms with van der Waals surface area (Å²) < 4.78 is 11.3. The van der Waals surface area contributed by atoms with Gasteiger partial charge in [0.2, 0.25) is 0 Å². The van der Waals surface area contributed by atoms with Crippen molar-refractivity contribution in [2.24, 2.45) is 0 Å². The van der Waals surface area contributed by atoms with Crippen LogP contribution in [0.25, 0.3) is 0 Å². The molecule has 0 aliphatic carbocycles. The molecule has 0 spiro atoms. The molecule has 118 valence electrons. The Morgan fingerprint density at radius 1 is 1.36 bits per heavy atom. The molecule has 6 heteroatoms. The first-order chi connectivity index (χ1) is 10.7. The summed E-state index contributed by atoms with van der Waals surface area (Å²) in [5, 5.41) is 10.8. The van der Waals surface area contributed by atoms with Crippen molar-refractivity contribution in [3.63, 3.8) is 0 Å². The quantitative estimate of drug-likeness (QED) is 0.864. The van der Waals surface area contributed by atoms with Crippen LogP contribution in [0.15, 0.2) is 42.7 Å². The Morgan fingerprint density at radius 3 is 3.00 bits per heavy atom. The highest BCUT2D eigenvalue weighted by atomic mass is 16.5. The summed E-state index contributed by atoms with van der Waals surface area (Å²) in [5.41, 5.74) is -1.03. The molecule has 1 saturated heterocycles. The third-order valence-electron chi connectivity index (χ3n) is 3.62. The fourth-order valence-electron chi connectivity index (χ4n) is 2.55. The number of hydrogen-bond acceptors (Lipinski definition) is 5. The van der Waals surface area contributed by atoms with E-state index in [1.165, 1.54) is 0 Å². The lowest BCUT2D eigenvalue weighted by atomic mass is 10.1. The zero-order valence-corrected chi connectivity index (χ0v) is 12.4. The molecule has 1 aliphatic rings. The maximum Gasteiger partial charge on any atom is 0.134 e. The molecule has 0 amide bonds. The highest BCUT2D eigenvalue weighted by molar-refractivity contribution is 5.21. The number of rotatable bonds is 5. The van der Waals surface area contributed by atoms with Crippen molar-refractivity contribution in [1.29, 1.82) is 0 Å². The molecular formula is C16H21N3O3. The van der Waals surface area contributed by atoms with Crippen LogP contribution < -0.4 is 4.74 Å². The van der Waals surface area contributed by atoms with Crippen LogP contribution in [0.1, 0.15) is 5.82 Å². The summed E-state index contributed by atoms with van der Waals surface area (Å²) in [6, 6.07) is 9.50. The van der Waals surface area contributed by atoms with Crippen LogP contribution in [0.4, 0.5) is 0 Å². The fraction of sp³-hybridized carbons (Fsp3) is 0.438. The van der Waals surface area contributed by atoms with E-state index >= 15 is 0 Å². The van der Waals surface area contributed by atoms with E-state index in [0.29, 0.717) is 19.7 Å². The van der Waals surface area contributed by atoms with E-state index in [4.69, 9.17) is 9.47 Å². The number of aromatic nitrogens is 2. The van der Waals surface area contributed by atoms with Gasteiger partial charge < -0.3 is 19.6 Å². The molecular weight excluding hydrogens is 282 g/mol. The average Bonchev–Trinajstić information content (AvgIpc) is 2.96. The monoisotopic (exact) mass is 303 g/mol. The maximum atomic E-state index is 10.8. The van der Waals surface area contributed by atoms with Gasteiger partial charge in [-0.1, -0.05) is 18.2 Å². The van der Waals surface area contributed by atoms with Crippen LogP contribution in [0, 0.1) is 0 Å². The summed E-state index contributed by atoms with van der Waals surface area (Å²) in [4.78, 5) is 9.44. The van der Waals surface area contributed by atoms with Crippen molar-refractivity contribution in [1.82, 2.24) is 14.9 Å². The zero-order chi connectivity index (χ0) is 15.3. The van der Waals surface area contributed by atoms with Crippen molar-refractivity contribution < 1.29 is 14.6 Å². The molecule has 0 saturated carbocycles. The van der Waals surface area contributed by atoms with Gasteiger partial charge in [-0.05, 0) is 12.1 Å². The summed E-state index contributed by atoms with van der Waals surface area (Å²) in [5.74, 6) is 1.63. The number of hydrogen-bond donors (Lipinski definition) is 2. The number of β-amino-alcohol motifs (C(OH)–C–C–N with tert-alkyl or cyclic N) is 1. The summed E-state index contributed by atoms with van der Waals surface area (Å²) >= 11 is 0. The molecule has 0 unspecified atom stereocenters. The van der Waals surface area contributed by atoms with Crippen molar-refractivity contribution >= 4 is 0 Å². The highest BCUT2D eigenvalue weighted by Gasteiger charge is 2.33. The van der Waals surface area contributed by atoms with Crippen molar-refractivity contribution in [3.05, 3.63) is 48.5 Å². The van der Waals surface area contributed by atoms with E-state index in [2.05, 4.69) is 14.9 Å². The molecule has 2 heterocycles. The minimum atomic E-state index is -1.03. The van der Waals surface area contributed by atoms with E-state index in [1.54, 1.807) is 12.4 Å². The summed E-state index contributed by atoms with van der Waals surface area (Å²) in [7, 11) is 0. The second-order valence-electron chi connectivity index (χ2n) is 5.63. The van der Waals surface area contributed by atoms with Gasteiger partial charge in [0.1, 0.15) is 23.8 Å². The minimum absolute atomic E-state index is 0.200. The van der Waals surface area contributed by atoms with Gasteiger partial charge in [0.25, 0.3) is 0 Å². The van der Waals surface area contributed by atoms with Gasteiger partial charge in [0.15, 0.2) is 0 Å². The molecule has 1 aromatic heterocycles. The second-order valence-corrected chi connectivity index (χ2v) is 5.63. The number of H-pyrrole nitrogens is 1. The first-order valence-corrected chi connectivity index (χ1v) is 7.42. The number of aliphatic hydroxyl groups is 1. The second kappa shape index (κ2) is 6.91. The Kier molecular flexibility index (Phi) is 4.72. The predicted molar refractivity (Wildman–Crippen MR) is 81.6 cm³/mol. The number of imidazole rings is 1.